The van der Waals surface area contributed by atoms with Crippen molar-refractivity contribution in [3.8, 4) is 0 Å². The van der Waals surface area contributed by atoms with Gasteiger partial charge in [-0.1, -0.05) is 38.1 Å². The van der Waals surface area contributed by atoms with E-state index in [1.54, 1.807) is 0 Å². The number of hydrogen-bond donors (Lipinski definition) is 0. The molecule has 0 aromatic heterocycles. The Morgan fingerprint density at radius 1 is 1.12 bits per heavy atom. The second kappa shape index (κ2) is 5.56. The zero-order valence-electron chi connectivity index (χ0n) is 15.0. The van der Waals surface area contributed by atoms with Crippen LogP contribution in [-0.2, 0) is 11.2 Å². The highest BCUT2D eigenvalue weighted by molar-refractivity contribution is 8.21. The highest BCUT2D eigenvalue weighted by Gasteiger charge is 2.54. The van der Waals surface area contributed by atoms with E-state index >= 15 is 0 Å². The van der Waals surface area contributed by atoms with E-state index in [0.29, 0.717) is 18.2 Å². The van der Waals surface area contributed by atoms with E-state index in [1.807, 2.05) is 23.5 Å². The number of carbonyl (C=O) groups is 1. The van der Waals surface area contributed by atoms with Gasteiger partial charge in [-0.3, -0.25) is 4.79 Å². The summed E-state index contributed by atoms with van der Waals surface area (Å²) in [6.45, 7) is 5.59. The summed E-state index contributed by atoms with van der Waals surface area (Å²) in [6, 6.07) is 9.43. The molecule has 1 aromatic carbocycles. The van der Waals surface area contributed by atoms with Crippen LogP contribution in [0.5, 0.6) is 0 Å². The number of allylic oxidation sites excluding steroid dienone is 1. The fourth-order valence-electron chi connectivity index (χ4n) is 5.23. The molecule has 0 radical (unpaired) electrons. The van der Waals surface area contributed by atoms with Crippen LogP contribution in [0.3, 0.4) is 0 Å². The molecule has 1 saturated heterocycles. The molecule has 4 aliphatic rings. The van der Waals surface area contributed by atoms with Crippen molar-refractivity contribution < 1.29 is 4.79 Å². The van der Waals surface area contributed by atoms with Crippen molar-refractivity contribution in [2.24, 2.45) is 5.41 Å². The molecule has 1 aliphatic carbocycles. The van der Waals surface area contributed by atoms with Crippen molar-refractivity contribution >= 4 is 29.3 Å². The number of nitrogens with zero attached hydrogens (tertiary/aromatic N) is 1. The van der Waals surface area contributed by atoms with Gasteiger partial charge in [-0.2, -0.15) is 0 Å². The first-order chi connectivity index (χ1) is 12.0. The molecule has 1 aromatic rings. The third kappa shape index (κ3) is 2.43. The molecule has 3 aliphatic heterocycles. The van der Waals surface area contributed by atoms with Gasteiger partial charge in [0, 0.05) is 42.2 Å². The van der Waals surface area contributed by atoms with E-state index in [2.05, 4.69) is 43.0 Å². The number of benzene rings is 1. The topological polar surface area (TPSA) is 20.3 Å². The molecule has 0 bridgehead atoms. The summed E-state index contributed by atoms with van der Waals surface area (Å²) in [5, 5.41) is 0. The number of thioether (sulfide) groups is 2. The lowest BCUT2D eigenvalue weighted by Gasteiger charge is -2.53. The van der Waals surface area contributed by atoms with Crippen molar-refractivity contribution in [2.75, 3.05) is 18.1 Å². The van der Waals surface area contributed by atoms with Crippen LogP contribution in [0.2, 0.25) is 0 Å². The zero-order valence-corrected chi connectivity index (χ0v) is 16.6. The Hall–Kier alpha value is -0.870. The van der Waals surface area contributed by atoms with Crippen LogP contribution in [0.4, 0.5) is 0 Å². The molecule has 5 rings (SSSR count). The Kier molecular flexibility index (Phi) is 3.63. The van der Waals surface area contributed by atoms with Crippen molar-refractivity contribution in [1.29, 1.82) is 0 Å². The highest BCUT2D eigenvalue weighted by atomic mass is 32.2. The number of rotatable bonds is 0. The van der Waals surface area contributed by atoms with Crippen molar-refractivity contribution in [2.45, 2.75) is 49.7 Å². The predicted molar refractivity (Wildman–Crippen MR) is 107 cm³/mol. The van der Waals surface area contributed by atoms with Gasteiger partial charge in [0.15, 0.2) is 5.78 Å². The van der Waals surface area contributed by atoms with E-state index in [9.17, 15) is 4.79 Å². The SMILES string of the molecule is CC1(C)CC(=O)C2=C(C1)N1CCc3ccccc3[C@@H]1CC21SCCS1. The summed E-state index contributed by atoms with van der Waals surface area (Å²) in [4.78, 5) is 15.8. The molecule has 0 amide bonds. The quantitative estimate of drug-likeness (QED) is 0.652. The van der Waals surface area contributed by atoms with Gasteiger partial charge in [0.25, 0.3) is 0 Å². The van der Waals surface area contributed by atoms with Gasteiger partial charge in [-0.15, -0.1) is 23.5 Å². The first-order valence-electron chi connectivity index (χ1n) is 9.38. The maximum absolute atomic E-state index is 13.2. The summed E-state index contributed by atoms with van der Waals surface area (Å²) in [6.07, 6.45) is 3.95. The molecule has 4 heteroatoms. The minimum absolute atomic E-state index is 0.00847. The Balaban J connectivity index is 1.69. The van der Waals surface area contributed by atoms with Crippen LogP contribution < -0.4 is 0 Å². The van der Waals surface area contributed by atoms with Crippen LogP contribution in [0.15, 0.2) is 35.5 Å². The van der Waals surface area contributed by atoms with Crippen LogP contribution in [0.1, 0.15) is 50.3 Å². The van der Waals surface area contributed by atoms with Crippen molar-refractivity contribution in [3.63, 3.8) is 0 Å². The molecular weight excluding hydrogens is 346 g/mol. The van der Waals surface area contributed by atoms with Gasteiger partial charge < -0.3 is 4.90 Å². The molecular formula is C21H25NOS2. The summed E-state index contributed by atoms with van der Waals surface area (Å²) in [5.74, 6) is 2.77. The van der Waals surface area contributed by atoms with Crippen LogP contribution in [0, 0.1) is 5.41 Å². The normalized spacial score (nSPS) is 29.4. The van der Waals surface area contributed by atoms with Gasteiger partial charge in [0.1, 0.15) is 0 Å². The molecule has 0 saturated carbocycles. The maximum Gasteiger partial charge on any atom is 0.163 e. The second-order valence-electron chi connectivity index (χ2n) is 8.57. The van der Waals surface area contributed by atoms with E-state index in [1.165, 1.54) is 33.9 Å². The third-order valence-electron chi connectivity index (χ3n) is 6.21. The Morgan fingerprint density at radius 2 is 1.88 bits per heavy atom. The first-order valence-corrected chi connectivity index (χ1v) is 11.4. The summed E-state index contributed by atoms with van der Waals surface area (Å²) in [5.41, 5.74) is 5.67. The summed E-state index contributed by atoms with van der Waals surface area (Å²) < 4.78 is 0.00847. The molecule has 0 N–H and O–H groups in total. The van der Waals surface area contributed by atoms with Gasteiger partial charge in [-0.25, -0.2) is 0 Å². The van der Waals surface area contributed by atoms with Gasteiger partial charge >= 0.3 is 0 Å². The smallest absolute Gasteiger partial charge is 0.163 e. The standard InChI is InChI=1S/C21H25NOS2/c1-20(2)11-17-19(18(23)13-20)21(24-9-10-25-21)12-16-15-6-4-3-5-14(15)7-8-22(16)17/h3-6,16H,7-13H2,1-2H3/t16-/m0/s1. The van der Waals surface area contributed by atoms with E-state index < -0.39 is 0 Å². The lowest BCUT2D eigenvalue weighted by atomic mass is 9.71. The molecule has 25 heavy (non-hydrogen) atoms. The van der Waals surface area contributed by atoms with Crippen molar-refractivity contribution in [1.82, 2.24) is 4.90 Å². The lowest BCUT2D eigenvalue weighted by molar-refractivity contribution is -0.119. The molecule has 132 valence electrons. The number of carbonyl (C=O) groups excluding carboxylic acids is 1. The van der Waals surface area contributed by atoms with Crippen molar-refractivity contribution in [3.05, 3.63) is 46.7 Å². The first kappa shape index (κ1) is 16.3. The summed E-state index contributed by atoms with van der Waals surface area (Å²) in [7, 11) is 0. The average Bonchev–Trinajstić information content (AvgIpc) is 3.02. The molecule has 3 heterocycles. The highest BCUT2D eigenvalue weighted by Crippen LogP contribution is 2.62. The molecule has 0 unspecified atom stereocenters. The number of hydrogen-bond acceptors (Lipinski definition) is 4. The van der Waals surface area contributed by atoms with E-state index in [4.69, 9.17) is 0 Å². The zero-order chi connectivity index (χ0) is 17.2. The van der Waals surface area contributed by atoms with E-state index in [-0.39, 0.29) is 9.49 Å². The molecule has 2 nitrogen and oxygen atoms in total. The minimum Gasteiger partial charge on any atom is -0.367 e. The fraction of sp³-hybridized carbons (Fsp3) is 0.571. The Morgan fingerprint density at radius 3 is 2.68 bits per heavy atom. The number of Topliss-reactive ketones (excluding diaryl/α,β-unsaturated/α-hetero) is 1. The largest absolute Gasteiger partial charge is 0.367 e. The second-order valence-corrected chi connectivity index (χ2v) is 11.6. The van der Waals surface area contributed by atoms with Crippen LogP contribution in [0.25, 0.3) is 0 Å². The average molecular weight is 372 g/mol. The predicted octanol–water partition coefficient (Wildman–Crippen LogP) is 4.81. The maximum atomic E-state index is 13.2. The lowest BCUT2D eigenvalue weighted by Crippen LogP contribution is -2.49. The van der Waals surface area contributed by atoms with Crippen LogP contribution >= 0.6 is 23.5 Å². The number of ketones is 1. The monoisotopic (exact) mass is 371 g/mol. The molecule has 1 atom stereocenters. The number of fused-ring (bicyclic) bond motifs is 5. The Bertz CT molecular complexity index is 776. The Labute approximate surface area is 158 Å². The summed E-state index contributed by atoms with van der Waals surface area (Å²) >= 11 is 4.09. The van der Waals surface area contributed by atoms with Gasteiger partial charge in [0.05, 0.1) is 10.1 Å². The molecule has 1 spiro atoms. The van der Waals surface area contributed by atoms with Gasteiger partial charge in [-0.05, 0) is 29.4 Å². The molecule has 1 fully saturated rings. The van der Waals surface area contributed by atoms with Gasteiger partial charge in [0.2, 0.25) is 0 Å². The minimum atomic E-state index is 0.00847. The van der Waals surface area contributed by atoms with E-state index in [0.717, 1.165) is 25.8 Å². The fourth-order valence-corrected chi connectivity index (χ4v) is 8.70. The van der Waals surface area contributed by atoms with Crippen LogP contribution in [-0.4, -0.2) is 32.8 Å². The third-order valence-corrected chi connectivity index (χ3v) is 9.66.